The Labute approximate surface area is 180 Å². The molecule has 3 rings (SSSR count). The average molecular weight is 432 g/mol. The number of hydrogen-bond acceptors (Lipinski definition) is 5. The van der Waals surface area contributed by atoms with Gasteiger partial charge in [0, 0.05) is 23.9 Å². The van der Waals surface area contributed by atoms with E-state index in [1.54, 1.807) is 27.0 Å². The van der Waals surface area contributed by atoms with Gasteiger partial charge in [0.2, 0.25) is 0 Å². The van der Waals surface area contributed by atoms with Crippen LogP contribution in [0.3, 0.4) is 0 Å². The number of pyridine rings is 1. The second-order valence-electron chi connectivity index (χ2n) is 9.39. The lowest BCUT2D eigenvalue weighted by Crippen LogP contribution is -2.35. The molecular formula is C24H33NO4S. The molecule has 1 aromatic carbocycles. The molecule has 164 valence electrons. The monoisotopic (exact) mass is 431 g/mol. The van der Waals surface area contributed by atoms with Crippen LogP contribution in [0.25, 0.3) is 10.9 Å². The van der Waals surface area contributed by atoms with Crippen LogP contribution in [0.1, 0.15) is 59.3 Å². The topological polar surface area (TPSA) is 73.3 Å². The van der Waals surface area contributed by atoms with Crippen LogP contribution in [0.4, 0.5) is 0 Å². The number of ether oxygens (including phenoxy) is 1. The van der Waals surface area contributed by atoms with E-state index in [9.17, 15) is 13.2 Å². The van der Waals surface area contributed by atoms with Crippen molar-refractivity contribution in [1.29, 1.82) is 0 Å². The molecule has 0 saturated heterocycles. The quantitative estimate of drug-likeness (QED) is 0.551. The van der Waals surface area contributed by atoms with Crippen molar-refractivity contribution in [2.75, 3.05) is 12.4 Å². The summed E-state index contributed by atoms with van der Waals surface area (Å²) in [5.74, 6) is 1.59. The standard InChI is InChI=1S/C24H33NO4S/c1-24(2,3)30(27,28)17-18-8-10-19(11-9-18)23(26)7-5-15-29-21-12-13-22-20(16-21)6-4-14-25-22/h4,6,12-14,16,18-19H,5,7-11,15,17H2,1-3H3. The van der Waals surface area contributed by atoms with E-state index in [4.69, 9.17) is 4.74 Å². The van der Waals surface area contributed by atoms with E-state index in [-0.39, 0.29) is 17.6 Å². The lowest BCUT2D eigenvalue weighted by molar-refractivity contribution is -0.124. The molecule has 1 saturated carbocycles. The molecule has 2 aromatic rings. The van der Waals surface area contributed by atoms with Gasteiger partial charge in [-0.25, -0.2) is 8.42 Å². The van der Waals surface area contributed by atoms with Crippen LogP contribution in [0, 0.1) is 11.8 Å². The smallest absolute Gasteiger partial charge is 0.155 e. The molecule has 0 aliphatic heterocycles. The zero-order chi connectivity index (χ0) is 21.8. The molecule has 0 N–H and O–H groups in total. The minimum absolute atomic E-state index is 0.0744. The molecule has 1 heterocycles. The van der Waals surface area contributed by atoms with Crippen LogP contribution in [-0.2, 0) is 14.6 Å². The van der Waals surface area contributed by atoms with Gasteiger partial charge in [-0.05, 0) is 83.1 Å². The summed E-state index contributed by atoms with van der Waals surface area (Å²) in [5, 5.41) is 1.04. The highest BCUT2D eigenvalue weighted by atomic mass is 32.2. The maximum Gasteiger partial charge on any atom is 0.155 e. The number of Topliss-reactive ketones (excluding diaryl/α,β-unsaturated/α-hetero) is 1. The molecule has 0 bridgehead atoms. The fourth-order valence-electron chi connectivity index (χ4n) is 4.00. The predicted molar refractivity (Wildman–Crippen MR) is 120 cm³/mol. The predicted octanol–water partition coefficient (Wildman–Crippen LogP) is 4.98. The van der Waals surface area contributed by atoms with Gasteiger partial charge in [-0.3, -0.25) is 9.78 Å². The van der Waals surface area contributed by atoms with Gasteiger partial charge in [-0.2, -0.15) is 0 Å². The summed E-state index contributed by atoms with van der Waals surface area (Å²) in [6.07, 6.45) is 6.25. The van der Waals surface area contributed by atoms with E-state index in [0.29, 0.717) is 25.2 Å². The SMILES string of the molecule is CC(C)(C)S(=O)(=O)CC1CCC(C(=O)CCCOc2ccc3ncccc3c2)CC1. The molecule has 1 aliphatic rings. The first kappa shape index (κ1) is 22.7. The highest BCUT2D eigenvalue weighted by Gasteiger charge is 2.34. The van der Waals surface area contributed by atoms with Crippen molar-refractivity contribution < 1.29 is 17.9 Å². The molecule has 0 radical (unpaired) electrons. The van der Waals surface area contributed by atoms with Crippen LogP contribution in [0.15, 0.2) is 36.5 Å². The largest absolute Gasteiger partial charge is 0.494 e. The van der Waals surface area contributed by atoms with E-state index >= 15 is 0 Å². The first-order chi connectivity index (χ1) is 14.2. The van der Waals surface area contributed by atoms with Crippen molar-refractivity contribution >= 4 is 26.5 Å². The summed E-state index contributed by atoms with van der Waals surface area (Å²) < 4.78 is 29.9. The Hall–Kier alpha value is -1.95. The summed E-state index contributed by atoms with van der Waals surface area (Å²) in [5.41, 5.74) is 0.936. The van der Waals surface area contributed by atoms with E-state index in [1.165, 1.54) is 0 Å². The van der Waals surface area contributed by atoms with Gasteiger partial charge >= 0.3 is 0 Å². The molecule has 5 nitrogen and oxygen atoms in total. The van der Waals surface area contributed by atoms with Gasteiger partial charge in [0.25, 0.3) is 0 Å². The minimum Gasteiger partial charge on any atom is -0.494 e. The zero-order valence-corrected chi connectivity index (χ0v) is 19.1. The second kappa shape index (κ2) is 9.46. The molecule has 6 heteroatoms. The summed E-state index contributed by atoms with van der Waals surface area (Å²) in [7, 11) is -3.10. The summed E-state index contributed by atoms with van der Waals surface area (Å²) in [4.78, 5) is 16.9. The Balaban J connectivity index is 1.38. The van der Waals surface area contributed by atoms with Gasteiger partial charge in [-0.15, -0.1) is 0 Å². The van der Waals surface area contributed by atoms with Crippen LogP contribution in [0.5, 0.6) is 5.75 Å². The summed E-state index contributed by atoms with van der Waals surface area (Å²) >= 11 is 0. The van der Waals surface area contributed by atoms with Gasteiger partial charge in [0.15, 0.2) is 9.84 Å². The third-order valence-corrected chi connectivity index (χ3v) is 8.88. The van der Waals surface area contributed by atoms with Crippen LogP contribution >= 0.6 is 0 Å². The van der Waals surface area contributed by atoms with Gasteiger partial charge in [0.1, 0.15) is 11.5 Å². The number of carbonyl (C=O) groups excluding carboxylic acids is 1. The van der Waals surface area contributed by atoms with Crippen molar-refractivity contribution in [2.24, 2.45) is 11.8 Å². The Morgan fingerprint density at radius 3 is 2.57 bits per heavy atom. The maximum absolute atomic E-state index is 12.6. The number of hydrogen-bond donors (Lipinski definition) is 0. The van der Waals surface area contributed by atoms with Crippen LogP contribution < -0.4 is 4.74 Å². The van der Waals surface area contributed by atoms with Crippen molar-refractivity contribution in [3.05, 3.63) is 36.5 Å². The molecule has 1 fully saturated rings. The maximum atomic E-state index is 12.6. The number of aromatic nitrogens is 1. The summed E-state index contributed by atoms with van der Waals surface area (Å²) in [6, 6.07) is 9.72. The Kier molecular flexibility index (Phi) is 7.17. The Bertz CT molecular complexity index is 970. The van der Waals surface area contributed by atoms with Crippen molar-refractivity contribution in [2.45, 2.75) is 64.0 Å². The van der Waals surface area contributed by atoms with Crippen molar-refractivity contribution in [3.63, 3.8) is 0 Å². The third-order valence-electron chi connectivity index (χ3n) is 6.10. The molecule has 1 aromatic heterocycles. The molecule has 30 heavy (non-hydrogen) atoms. The molecule has 0 spiro atoms. The van der Waals surface area contributed by atoms with E-state index < -0.39 is 14.6 Å². The van der Waals surface area contributed by atoms with E-state index in [1.807, 2.05) is 30.3 Å². The Morgan fingerprint density at radius 1 is 1.13 bits per heavy atom. The summed E-state index contributed by atoms with van der Waals surface area (Å²) in [6.45, 7) is 5.79. The molecule has 0 amide bonds. The number of rotatable bonds is 8. The fraction of sp³-hybridized carbons (Fsp3) is 0.583. The number of nitrogens with zero attached hydrogens (tertiary/aromatic N) is 1. The van der Waals surface area contributed by atoms with E-state index in [0.717, 1.165) is 42.3 Å². The van der Waals surface area contributed by atoms with E-state index in [2.05, 4.69) is 4.98 Å². The lowest BCUT2D eigenvalue weighted by Gasteiger charge is -2.30. The van der Waals surface area contributed by atoms with Crippen LogP contribution in [0.2, 0.25) is 0 Å². The number of benzene rings is 1. The highest BCUT2D eigenvalue weighted by molar-refractivity contribution is 7.92. The zero-order valence-electron chi connectivity index (χ0n) is 18.3. The van der Waals surface area contributed by atoms with Gasteiger partial charge in [-0.1, -0.05) is 6.07 Å². The number of sulfone groups is 1. The number of ketones is 1. The lowest BCUT2D eigenvalue weighted by atomic mass is 9.80. The molecule has 0 unspecified atom stereocenters. The molecular weight excluding hydrogens is 398 g/mol. The molecule has 0 atom stereocenters. The van der Waals surface area contributed by atoms with Gasteiger partial charge < -0.3 is 4.74 Å². The Morgan fingerprint density at radius 2 is 1.87 bits per heavy atom. The van der Waals surface area contributed by atoms with Crippen molar-refractivity contribution in [3.8, 4) is 5.75 Å². The first-order valence-electron chi connectivity index (χ1n) is 10.9. The number of carbonyl (C=O) groups is 1. The molecule has 1 aliphatic carbocycles. The highest BCUT2D eigenvalue weighted by Crippen LogP contribution is 2.33. The minimum atomic E-state index is -3.10. The number of fused-ring (bicyclic) bond motifs is 1. The van der Waals surface area contributed by atoms with Crippen LogP contribution in [-0.4, -0.2) is 36.3 Å². The van der Waals surface area contributed by atoms with Gasteiger partial charge in [0.05, 0.1) is 22.6 Å². The van der Waals surface area contributed by atoms with Crippen molar-refractivity contribution in [1.82, 2.24) is 4.98 Å². The fourth-order valence-corrected chi connectivity index (χ4v) is 5.45. The first-order valence-corrected chi connectivity index (χ1v) is 12.5. The second-order valence-corrected chi connectivity index (χ2v) is 12.2. The average Bonchev–Trinajstić information content (AvgIpc) is 2.70. The third kappa shape index (κ3) is 5.81. The normalized spacial score (nSPS) is 20.2.